The number of nitrogens with one attached hydrogen (secondary N) is 1. The monoisotopic (exact) mass is 492 g/mol. The van der Waals surface area contributed by atoms with Crippen molar-refractivity contribution in [2.45, 2.75) is 32.6 Å². The van der Waals surface area contributed by atoms with Crippen molar-refractivity contribution in [1.82, 2.24) is 4.90 Å². The number of halogens is 2. The minimum Gasteiger partial charge on any atom is -0.326 e. The molecular formula is C23H22Cl2N2O2S2. The van der Waals surface area contributed by atoms with E-state index >= 15 is 0 Å². The van der Waals surface area contributed by atoms with E-state index in [1.54, 1.807) is 23.1 Å². The Morgan fingerprint density at radius 1 is 1.10 bits per heavy atom. The summed E-state index contributed by atoms with van der Waals surface area (Å²) in [6, 6.07) is 12.9. The maximum absolute atomic E-state index is 12.7. The third-order valence-electron chi connectivity index (χ3n) is 4.68. The molecular weight excluding hydrogens is 471 g/mol. The van der Waals surface area contributed by atoms with Crippen LogP contribution in [-0.2, 0) is 9.59 Å². The fraction of sp³-hybridized carbons (Fsp3) is 0.261. The van der Waals surface area contributed by atoms with Gasteiger partial charge in [-0.1, -0.05) is 83.4 Å². The predicted octanol–water partition coefficient (Wildman–Crippen LogP) is 6.70. The number of hydrogen-bond donors (Lipinski definition) is 1. The van der Waals surface area contributed by atoms with Crippen molar-refractivity contribution in [3.63, 3.8) is 0 Å². The molecule has 1 N–H and O–H groups in total. The Labute approximate surface area is 202 Å². The van der Waals surface area contributed by atoms with Gasteiger partial charge < -0.3 is 5.32 Å². The van der Waals surface area contributed by atoms with Crippen molar-refractivity contribution in [3.05, 3.63) is 68.5 Å². The van der Waals surface area contributed by atoms with Gasteiger partial charge in [0.15, 0.2) is 0 Å². The van der Waals surface area contributed by atoms with Gasteiger partial charge in [0, 0.05) is 28.7 Å². The molecule has 0 unspecified atom stereocenters. The van der Waals surface area contributed by atoms with E-state index in [1.165, 1.54) is 17.3 Å². The summed E-state index contributed by atoms with van der Waals surface area (Å²) in [5.74, 6) is -0.142. The van der Waals surface area contributed by atoms with Crippen LogP contribution in [0, 0.1) is 6.92 Å². The highest BCUT2D eigenvalue weighted by atomic mass is 35.5. The average Bonchev–Trinajstić information content (AvgIpc) is 2.96. The Hall–Kier alpha value is -1.86. The summed E-state index contributed by atoms with van der Waals surface area (Å²) in [6.45, 7) is 2.58. The van der Waals surface area contributed by atoms with Gasteiger partial charge >= 0.3 is 0 Å². The maximum atomic E-state index is 12.7. The summed E-state index contributed by atoms with van der Waals surface area (Å²) in [5, 5.41) is 3.75. The van der Waals surface area contributed by atoms with Gasteiger partial charge in [0.2, 0.25) is 5.91 Å². The van der Waals surface area contributed by atoms with Gasteiger partial charge in [0.05, 0.1) is 4.91 Å². The molecule has 31 heavy (non-hydrogen) atoms. The lowest BCUT2D eigenvalue weighted by Gasteiger charge is -2.14. The van der Waals surface area contributed by atoms with E-state index in [4.69, 9.17) is 35.4 Å². The molecule has 4 nitrogen and oxygen atoms in total. The molecule has 1 saturated heterocycles. The van der Waals surface area contributed by atoms with Crippen LogP contribution in [0.1, 0.15) is 36.8 Å². The first kappa shape index (κ1) is 23.8. The number of amides is 2. The molecule has 0 aliphatic carbocycles. The van der Waals surface area contributed by atoms with Gasteiger partial charge in [0.1, 0.15) is 4.32 Å². The highest BCUT2D eigenvalue weighted by molar-refractivity contribution is 8.26. The molecule has 2 amide bonds. The van der Waals surface area contributed by atoms with Crippen molar-refractivity contribution in [3.8, 4) is 0 Å². The highest BCUT2D eigenvalue weighted by Gasteiger charge is 2.31. The molecule has 2 aromatic rings. The van der Waals surface area contributed by atoms with Crippen molar-refractivity contribution in [2.75, 3.05) is 11.9 Å². The van der Waals surface area contributed by atoms with Gasteiger partial charge in [-0.25, -0.2) is 0 Å². The molecule has 0 bridgehead atoms. The molecule has 0 atom stereocenters. The molecule has 1 heterocycles. The second-order valence-corrected chi connectivity index (χ2v) is 9.81. The standard InChI is InChI=1S/C23H22Cl2N2O2S2/c1-15-6-8-16(9-7-15)11-20-22(29)27(23(30)31-20)10-4-2-3-5-21(28)26-19-13-17(24)12-18(25)14-19/h6-9,11-14H,2-5,10H2,1H3,(H,26,28). The number of nitrogens with zero attached hydrogens (tertiary/aromatic N) is 1. The number of benzene rings is 2. The summed E-state index contributed by atoms with van der Waals surface area (Å²) >= 11 is 18.6. The van der Waals surface area contributed by atoms with E-state index in [2.05, 4.69) is 5.32 Å². The lowest BCUT2D eigenvalue weighted by molar-refractivity contribution is -0.122. The van der Waals surface area contributed by atoms with Crippen LogP contribution in [0.3, 0.4) is 0 Å². The Morgan fingerprint density at radius 2 is 1.77 bits per heavy atom. The van der Waals surface area contributed by atoms with E-state index in [1.807, 2.05) is 37.3 Å². The zero-order valence-electron chi connectivity index (χ0n) is 17.0. The molecule has 1 aliphatic rings. The molecule has 1 fully saturated rings. The Kier molecular flexibility index (Phi) is 8.55. The summed E-state index contributed by atoms with van der Waals surface area (Å²) < 4.78 is 0.582. The third-order valence-corrected chi connectivity index (χ3v) is 6.49. The summed E-state index contributed by atoms with van der Waals surface area (Å²) in [7, 11) is 0. The number of thiocarbonyl (C=S) groups is 1. The maximum Gasteiger partial charge on any atom is 0.266 e. The fourth-order valence-corrected chi connectivity index (χ4v) is 4.92. The molecule has 1 aliphatic heterocycles. The SMILES string of the molecule is Cc1ccc(C=C2SC(=S)N(CCCCCC(=O)Nc3cc(Cl)cc(Cl)c3)C2=O)cc1. The van der Waals surface area contributed by atoms with Crippen LogP contribution in [0.2, 0.25) is 10.0 Å². The van der Waals surface area contributed by atoms with Crippen LogP contribution in [0.25, 0.3) is 6.08 Å². The minimum atomic E-state index is -0.0926. The molecule has 0 spiro atoms. The molecule has 0 radical (unpaired) electrons. The van der Waals surface area contributed by atoms with Crippen LogP contribution in [0.4, 0.5) is 5.69 Å². The number of unbranched alkanes of at least 4 members (excludes halogenated alkanes) is 2. The largest absolute Gasteiger partial charge is 0.326 e. The smallest absolute Gasteiger partial charge is 0.266 e. The molecule has 0 saturated carbocycles. The van der Waals surface area contributed by atoms with Crippen LogP contribution in [-0.4, -0.2) is 27.6 Å². The first-order valence-corrected chi connectivity index (χ1v) is 11.9. The fourth-order valence-electron chi connectivity index (χ4n) is 3.09. The van der Waals surface area contributed by atoms with E-state index in [-0.39, 0.29) is 11.8 Å². The van der Waals surface area contributed by atoms with E-state index in [0.29, 0.717) is 44.3 Å². The first-order chi connectivity index (χ1) is 14.8. The molecule has 3 rings (SSSR count). The zero-order chi connectivity index (χ0) is 22.4. The van der Waals surface area contributed by atoms with Gasteiger partial charge in [0.25, 0.3) is 5.91 Å². The third kappa shape index (κ3) is 7.07. The van der Waals surface area contributed by atoms with Crippen molar-refractivity contribution in [2.24, 2.45) is 0 Å². The number of thioether (sulfide) groups is 1. The summed E-state index contributed by atoms with van der Waals surface area (Å²) in [4.78, 5) is 27.1. The van der Waals surface area contributed by atoms with E-state index < -0.39 is 0 Å². The lowest BCUT2D eigenvalue weighted by Crippen LogP contribution is -2.29. The second kappa shape index (κ2) is 11.1. The van der Waals surface area contributed by atoms with Crippen molar-refractivity contribution >= 4 is 75.1 Å². The molecule has 2 aromatic carbocycles. The molecule has 162 valence electrons. The summed E-state index contributed by atoms with van der Waals surface area (Å²) in [6.07, 6.45) is 4.58. The van der Waals surface area contributed by atoms with E-state index in [9.17, 15) is 9.59 Å². The quantitative estimate of drug-likeness (QED) is 0.253. The van der Waals surface area contributed by atoms with Crippen LogP contribution in [0.15, 0.2) is 47.4 Å². The predicted molar refractivity (Wildman–Crippen MR) is 135 cm³/mol. The number of aryl methyl sites for hydroxylation is 1. The van der Waals surface area contributed by atoms with Crippen LogP contribution < -0.4 is 5.32 Å². The van der Waals surface area contributed by atoms with Crippen LogP contribution >= 0.6 is 47.2 Å². The van der Waals surface area contributed by atoms with E-state index in [0.717, 1.165) is 18.4 Å². The van der Waals surface area contributed by atoms with Gasteiger partial charge in [-0.3, -0.25) is 14.5 Å². The van der Waals surface area contributed by atoms with Crippen LogP contribution in [0.5, 0.6) is 0 Å². The Balaban J connectivity index is 1.42. The number of hydrogen-bond acceptors (Lipinski definition) is 4. The Bertz CT molecular complexity index is 1000. The van der Waals surface area contributed by atoms with Gasteiger partial charge in [-0.05, 0) is 49.6 Å². The number of anilines is 1. The normalized spacial score (nSPS) is 15.1. The number of carbonyl (C=O) groups excluding carboxylic acids is 2. The lowest BCUT2D eigenvalue weighted by atomic mass is 10.1. The molecule has 8 heteroatoms. The average molecular weight is 493 g/mol. The Morgan fingerprint density at radius 3 is 2.45 bits per heavy atom. The van der Waals surface area contributed by atoms with Gasteiger partial charge in [-0.15, -0.1) is 0 Å². The topological polar surface area (TPSA) is 49.4 Å². The van der Waals surface area contributed by atoms with Crippen molar-refractivity contribution in [1.29, 1.82) is 0 Å². The minimum absolute atomic E-state index is 0.0499. The number of rotatable bonds is 8. The highest BCUT2D eigenvalue weighted by Crippen LogP contribution is 2.32. The van der Waals surface area contributed by atoms with Gasteiger partial charge in [-0.2, -0.15) is 0 Å². The second-order valence-electron chi connectivity index (χ2n) is 7.26. The first-order valence-electron chi connectivity index (χ1n) is 9.90. The van der Waals surface area contributed by atoms with Crippen molar-refractivity contribution < 1.29 is 9.59 Å². The zero-order valence-corrected chi connectivity index (χ0v) is 20.1. The summed E-state index contributed by atoms with van der Waals surface area (Å²) in [5.41, 5.74) is 2.74. The molecule has 0 aromatic heterocycles. The number of carbonyl (C=O) groups is 2.